The molecule has 3 aromatic carbocycles. The largest absolute Gasteiger partial charge is 0.388 e. The first-order chi connectivity index (χ1) is 19.4. The monoisotopic (exact) mass is 597 g/mol. The number of amides is 2. The van der Waals surface area contributed by atoms with Crippen LogP contribution in [-0.2, 0) is 15.0 Å². The molecule has 2 amide bonds. The maximum atomic E-state index is 15.8. The molecule has 0 unspecified atom stereocenters. The van der Waals surface area contributed by atoms with Gasteiger partial charge in [0.1, 0.15) is 17.8 Å². The third-order valence-corrected chi connectivity index (χ3v) is 8.37. The molecule has 1 fully saturated rings. The maximum Gasteiger partial charge on any atom is 0.242 e. The smallest absolute Gasteiger partial charge is 0.242 e. The fourth-order valence-electron chi connectivity index (χ4n) is 6.20. The number of rotatable bonds is 6. The van der Waals surface area contributed by atoms with E-state index in [4.69, 9.17) is 28.3 Å². The number of benzene rings is 3. The van der Waals surface area contributed by atoms with Crippen LogP contribution in [0, 0.1) is 11.2 Å². The second-order valence-corrected chi connectivity index (χ2v) is 12.6. The van der Waals surface area contributed by atoms with Crippen molar-refractivity contribution >= 4 is 52.2 Å². The zero-order valence-corrected chi connectivity index (χ0v) is 24.2. The summed E-state index contributed by atoms with van der Waals surface area (Å²) in [5.74, 6) is -2.97. The van der Waals surface area contributed by atoms with E-state index in [-0.39, 0.29) is 21.9 Å². The number of aliphatic hydroxyl groups excluding tert-OH is 1. The van der Waals surface area contributed by atoms with Crippen LogP contribution in [0.15, 0.2) is 60.7 Å². The van der Waals surface area contributed by atoms with Crippen molar-refractivity contribution in [2.45, 2.75) is 50.6 Å². The van der Waals surface area contributed by atoms with Gasteiger partial charge in [-0.05, 0) is 65.4 Å². The van der Waals surface area contributed by atoms with E-state index in [1.54, 1.807) is 42.5 Å². The molecular weight excluding hydrogens is 568 g/mol. The molecule has 1 saturated heterocycles. The molecule has 5 rings (SSSR count). The Morgan fingerprint density at radius 3 is 2.44 bits per heavy atom. The molecule has 0 radical (unpaired) electrons. The Bertz CT molecular complexity index is 1540. The molecule has 3 aromatic rings. The predicted molar refractivity (Wildman–Crippen MR) is 157 cm³/mol. The first-order valence-electron chi connectivity index (χ1n) is 13.2. The number of hydrogen-bond acceptors (Lipinski definition) is 5. The van der Waals surface area contributed by atoms with E-state index in [2.05, 4.69) is 16.0 Å². The van der Waals surface area contributed by atoms with Gasteiger partial charge in [0, 0.05) is 33.9 Å². The highest BCUT2D eigenvalue weighted by molar-refractivity contribution is 6.31. The molecule has 214 valence electrons. The van der Waals surface area contributed by atoms with Gasteiger partial charge >= 0.3 is 0 Å². The van der Waals surface area contributed by atoms with Gasteiger partial charge in [-0.1, -0.05) is 62.2 Å². The quantitative estimate of drug-likeness (QED) is 0.273. The van der Waals surface area contributed by atoms with Crippen LogP contribution in [0.2, 0.25) is 10.0 Å². The number of nitrogens with one attached hydrogen (secondary N) is 3. The number of Topliss-reactive ketones (excluding diaryl/α,β-unsaturated/α-hetero) is 1. The summed E-state index contributed by atoms with van der Waals surface area (Å²) in [6, 6.07) is 14.2. The fourth-order valence-corrected chi connectivity index (χ4v) is 6.56. The van der Waals surface area contributed by atoms with E-state index in [1.807, 2.05) is 20.8 Å². The average Bonchev–Trinajstić information content (AvgIpc) is 3.39. The van der Waals surface area contributed by atoms with Crippen molar-refractivity contribution in [3.8, 4) is 0 Å². The van der Waals surface area contributed by atoms with Crippen molar-refractivity contribution in [3.63, 3.8) is 0 Å². The molecule has 0 aliphatic carbocycles. The van der Waals surface area contributed by atoms with Crippen LogP contribution < -0.4 is 16.0 Å². The number of fused-ring (bicyclic) bond motifs is 2. The molecule has 2 aliphatic heterocycles. The van der Waals surface area contributed by atoms with Gasteiger partial charge in [-0.15, -0.1) is 0 Å². The summed E-state index contributed by atoms with van der Waals surface area (Å²) in [7, 11) is 0. The van der Waals surface area contributed by atoms with E-state index >= 15 is 4.39 Å². The minimum atomic E-state index is -1.36. The Morgan fingerprint density at radius 2 is 1.78 bits per heavy atom. The van der Waals surface area contributed by atoms with Crippen LogP contribution in [0.3, 0.4) is 0 Å². The molecule has 0 bridgehead atoms. The van der Waals surface area contributed by atoms with Crippen molar-refractivity contribution in [3.05, 3.63) is 93.2 Å². The molecule has 2 heterocycles. The second kappa shape index (κ2) is 10.8. The van der Waals surface area contributed by atoms with Crippen molar-refractivity contribution in [2.75, 3.05) is 17.2 Å². The van der Waals surface area contributed by atoms with Gasteiger partial charge < -0.3 is 21.1 Å². The van der Waals surface area contributed by atoms with Crippen LogP contribution in [0.25, 0.3) is 0 Å². The Labute approximate surface area is 247 Å². The summed E-state index contributed by atoms with van der Waals surface area (Å²) in [5, 5.41) is 18.7. The van der Waals surface area contributed by atoms with Crippen molar-refractivity contribution in [1.82, 2.24) is 5.32 Å². The van der Waals surface area contributed by atoms with E-state index in [1.165, 1.54) is 18.2 Å². The first kappa shape index (κ1) is 29.2. The van der Waals surface area contributed by atoms with Crippen molar-refractivity contribution in [2.24, 2.45) is 5.41 Å². The van der Waals surface area contributed by atoms with E-state index in [9.17, 15) is 14.4 Å². The van der Waals surface area contributed by atoms with Gasteiger partial charge in [0.05, 0.1) is 11.1 Å². The highest BCUT2D eigenvalue weighted by atomic mass is 35.5. The average molecular weight is 599 g/mol. The van der Waals surface area contributed by atoms with Crippen LogP contribution in [0.5, 0.6) is 0 Å². The van der Waals surface area contributed by atoms with E-state index in [0.717, 1.165) is 0 Å². The molecule has 41 heavy (non-hydrogen) atoms. The van der Waals surface area contributed by atoms with Crippen LogP contribution in [0.1, 0.15) is 54.6 Å². The predicted octanol–water partition coefficient (Wildman–Crippen LogP) is 5.70. The third kappa shape index (κ3) is 5.14. The van der Waals surface area contributed by atoms with Crippen molar-refractivity contribution in [1.29, 1.82) is 0 Å². The number of hydrogen-bond donors (Lipinski definition) is 4. The standard InChI is InChI=1S/C31H30Cl2FN3O4/c1-30(2,3)14-24-31(20-12-9-17(32)13-22(20)36-29(31)41)25(19-5-4-6-21(33)26(19)34)27(37-24)28(40)35-18-10-7-16(8-11-18)23(39)15-38/h4-13,24-25,27,37-38H,14-15H2,1-3H3,(H,35,40)(H,36,41)/t24-,25-,27+,31+/m0/s1. The SMILES string of the molecule is CC(C)(C)C[C@@H]1N[C@@H](C(=O)Nc2ccc(C(=O)CO)cc2)[C@H](c2cccc(Cl)c2F)[C@]12C(=O)Nc1cc(Cl)ccc12. The second-order valence-electron chi connectivity index (χ2n) is 11.7. The highest BCUT2D eigenvalue weighted by Crippen LogP contribution is 2.57. The Kier molecular flexibility index (Phi) is 7.72. The first-order valence-corrected chi connectivity index (χ1v) is 14.0. The molecule has 2 aliphatic rings. The lowest BCUT2D eigenvalue weighted by Gasteiger charge is -2.37. The topological polar surface area (TPSA) is 108 Å². The summed E-state index contributed by atoms with van der Waals surface area (Å²) < 4.78 is 15.8. The van der Waals surface area contributed by atoms with Crippen LogP contribution >= 0.6 is 23.2 Å². The summed E-state index contributed by atoms with van der Waals surface area (Å²) in [6.07, 6.45) is 0.489. The summed E-state index contributed by atoms with van der Waals surface area (Å²) in [4.78, 5) is 40.0. The normalized spacial score (nSPS) is 23.4. The number of aliphatic hydroxyl groups is 1. The number of ketones is 1. The van der Waals surface area contributed by atoms with E-state index < -0.39 is 47.5 Å². The van der Waals surface area contributed by atoms with Crippen LogP contribution in [-0.4, -0.2) is 41.4 Å². The zero-order chi connectivity index (χ0) is 29.7. The Hall–Kier alpha value is -3.30. The molecule has 4 atom stereocenters. The lowest BCUT2D eigenvalue weighted by molar-refractivity contribution is -0.122. The van der Waals surface area contributed by atoms with Gasteiger partial charge in [0.2, 0.25) is 11.8 Å². The highest BCUT2D eigenvalue weighted by Gasteiger charge is 2.66. The fraction of sp³-hybridized carbons (Fsp3) is 0.323. The van der Waals surface area contributed by atoms with Gasteiger partial charge in [-0.25, -0.2) is 4.39 Å². The van der Waals surface area contributed by atoms with Crippen LogP contribution in [0.4, 0.5) is 15.8 Å². The van der Waals surface area contributed by atoms with Crippen molar-refractivity contribution < 1.29 is 23.9 Å². The molecular formula is C31H30Cl2FN3O4. The minimum Gasteiger partial charge on any atom is -0.388 e. The van der Waals surface area contributed by atoms with Gasteiger partial charge in [0.25, 0.3) is 0 Å². The minimum absolute atomic E-state index is 0.116. The lowest BCUT2D eigenvalue weighted by atomic mass is 9.62. The Balaban J connectivity index is 1.66. The number of carbonyl (C=O) groups is 3. The maximum absolute atomic E-state index is 15.8. The molecule has 7 nitrogen and oxygen atoms in total. The Morgan fingerprint density at radius 1 is 1.07 bits per heavy atom. The van der Waals surface area contributed by atoms with Gasteiger partial charge in [-0.3, -0.25) is 14.4 Å². The number of anilines is 2. The van der Waals surface area contributed by atoms with Gasteiger partial charge in [0.15, 0.2) is 5.78 Å². The van der Waals surface area contributed by atoms with E-state index in [0.29, 0.717) is 33.9 Å². The lowest BCUT2D eigenvalue weighted by Crippen LogP contribution is -2.49. The number of halogens is 3. The van der Waals surface area contributed by atoms with Gasteiger partial charge in [-0.2, -0.15) is 0 Å². The molecule has 0 saturated carbocycles. The summed E-state index contributed by atoms with van der Waals surface area (Å²) >= 11 is 12.5. The summed E-state index contributed by atoms with van der Waals surface area (Å²) in [6.45, 7) is 5.48. The molecule has 1 spiro atoms. The molecule has 10 heteroatoms. The zero-order valence-electron chi connectivity index (χ0n) is 22.7. The number of carbonyl (C=O) groups excluding carboxylic acids is 3. The molecule has 0 aromatic heterocycles. The third-order valence-electron chi connectivity index (χ3n) is 7.84. The summed E-state index contributed by atoms with van der Waals surface area (Å²) in [5.41, 5.74) is 0.346. The molecule has 4 N–H and O–H groups in total.